The van der Waals surface area contributed by atoms with Crippen LogP contribution in [-0.4, -0.2) is 23.5 Å². The van der Waals surface area contributed by atoms with Crippen molar-refractivity contribution in [1.82, 2.24) is 5.32 Å². The standard InChI is InChI=1S/C12H16ClN3OS/c1-3-15-12(17)7(2)16-9-6-4-5-8(13)10(9)11(14)18/h4-7,16H,3H2,1-2H3,(H2,14,18)(H,15,17). The number of likely N-dealkylation sites (N-methyl/N-ethyl adjacent to an activating group) is 1. The maximum atomic E-state index is 11.6. The van der Waals surface area contributed by atoms with Crippen molar-refractivity contribution in [2.24, 2.45) is 5.73 Å². The Kier molecular flexibility index (Phi) is 5.37. The molecule has 0 fully saturated rings. The van der Waals surface area contributed by atoms with Gasteiger partial charge in [-0.3, -0.25) is 4.79 Å². The molecule has 4 N–H and O–H groups in total. The molecule has 1 aromatic rings. The van der Waals surface area contributed by atoms with Gasteiger partial charge in [-0.15, -0.1) is 0 Å². The van der Waals surface area contributed by atoms with Gasteiger partial charge in [0.25, 0.3) is 0 Å². The Balaban J connectivity index is 2.94. The lowest BCUT2D eigenvalue weighted by Crippen LogP contribution is -2.37. The van der Waals surface area contributed by atoms with Crippen LogP contribution in [0.1, 0.15) is 19.4 Å². The third-order valence-corrected chi connectivity index (χ3v) is 2.90. The van der Waals surface area contributed by atoms with Gasteiger partial charge >= 0.3 is 0 Å². The number of nitrogens with one attached hydrogen (secondary N) is 2. The highest BCUT2D eigenvalue weighted by atomic mass is 35.5. The zero-order chi connectivity index (χ0) is 13.7. The molecule has 0 aromatic heterocycles. The van der Waals surface area contributed by atoms with Crippen LogP contribution in [0.2, 0.25) is 5.02 Å². The fourth-order valence-corrected chi connectivity index (χ4v) is 2.07. The molecule has 0 heterocycles. The number of hydrogen-bond donors (Lipinski definition) is 3. The summed E-state index contributed by atoms with van der Waals surface area (Å²) in [5.41, 5.74) is 6.85. The summed E-state index contributed by atoms with van der Waals surface area (Å²) in [6, 6.07) is 4.88. The lowest BCUT2D eigenvalue weighted by Gasteiger charge is -2.17. The van der Waals surface area contributed by atoms with Crippen LogP contribution in [0.15, 0.2) is 18.2 Å². The molecule has 1 atom stereocenters. The van der Waals surface area contributed by atoms with Crippen molar-refractivity contribution < 1.29 is 4.79 Å². The minimum Gasteiger partial charge on any atom is -0.389 e. The molecule has 6 heteroatoms. The average molecular weight is 286 g/mol. The summed E-state index contributed by atoms with van der Waals surface area (Å²) in [6.45, 7) is 4.21. The molecular weight excluding hydrogens is 270 g/mol. The predicted molar refractivity (Wildman–Crippen MR) is 79.1 cm³/mol. The van der Waals surface area contributed by atoms with Gasteiger partial charge in [0.1, 0.15) is 11.0 Å². The molecular formula is C12H16ClN3OS. The van der Waals surface area contributed by atoms with Crippen LogP contribution in [0.3, 0.4) is 0 Å². The normalized spacial score (nSPS) is 11.7. The van der Waals surface area contributed by atoms with Gasteiger partial charge in [0.05, 0.1) is 10.6 Å². The molecule has 0 saturated carbocycles. The van der Waals surface area contributed by atoms with Gasteiger partial charge in [-0.05, 0) is 26.0 Å². The highest BCUT2D eigenvalue weighted by Gasteiger charge is 2.15. The van der Waals surface area contributed by atoms with Crippen LogP contribution < -0.4 is 16.4 Å². The number of anilines is 1. The Bertz CT molecular complexity index is 465. The number of carbonyl (C=O) groups is 1. The minimum absolute atomic E-state index is 0.0913. The van der Waals surface area contributed by atoms with E-state index in [0.717, 1.165) is 0 Å². The Morgan fingerprint density at radius 2 is 2.22 bits per heavy atom. The van der Waals surface area contributed by atoms with Crippen molar-refractivity contribution in [3.63, 3.8) is 0 Å². The number of thiocarbonyl (C=S) groups is 1. The summed E-state index contributed by atoms with van der Waals surface area (Å²) in [5.74, 6) is -0.0913. The quantitative estimate of drug-likeness (QED) is 0.723. The molecule has 0 aliphatic heterocycles. The average Bonchev–Trinajstić information content (AvgIpc) is 2.28. The van der Waals surface area contributed by atoms with Gasteiger partial charge in [0.2, 0.25) is 5.91 Å². The summed E-state index contributed by atoms with van der Waals surface area (Å²) >= 11 is 11.0. The van der Waals surface area contributed by atoms with E-state index in [1.54, 1.807) is 25.1 Å². The summed E-state index contributed by atoms with van der Waals surface area (Å²) < 4.78 is 0. The second kappa shape index (κ2) is 6.56. The van der Waals surface area contributed by atoms with Crippen LogP contribution in [0, 0.1) is 0 Å². The molecule has 1 unspecified atom stereocenters. The molecule has 0 aliphatic carbocycles. The van der Waals surface area contributed by atoms with E-state index >= 15 is 0 Å². The first-order valence-corrected chi connectivity index (χ1v) is 6.38. The predicted octanol–water partition coefficient (Wildman–Crippen LogP) is 1.91. The second-order valence-electron chi connectivity index (χ2n) is 3.79. The molecule has 0 bridgehead atoms. The van der Waals surface area contributed by atoms with E-state index < -0.39 is 6.04 Å². The largest absolute Gasteiger partial charge is 0.389 e. The molecule has 0 saturated heterocycles. The van der Waals surface area contributed by atoms with E-state index in [4.69, 9.17) is 29.6 Å². The summed E-state index contributed by atoms with van der Waals surface area (Å²) in [7, 11) is 0. The van der Waals surface area contributed by atoms with E-state index in [2.05, 4.69) is 10.6 Å². The Hall–Kier alpha value is -1.33. The van der Waals surface area contributed by atoms with Crippen molar-refractivity contribution in [1.29, 1.82) is 0 Å². The molecule has 98 valence electrons. The third kappa shape index (κ3) is 3.58. The van der Waals surface area contributed by atoms with Crippen molar-refractivity contribution >= 4 is 40.4 Å². The van der Waals surface area contributed by atoms with Crippen molar-refractivity contribution in [3.8, 4) is 0 Å². The fraction of sp³-hybridized carbons (Fsp3) is 0.333. The molecule has 18 heavy (non-hydrogen) atoms. The van der Waals surface area contributed by atoms with Gasteiger partial charge in [0, 0.05) is 12.2 Å². The van der Waals surface area contributed by atoms with Gasteiger partial charge in [-0.1, -0.05) is 29.9 Å². The molecule has 0 aliphatic rings. The zero-order valence-corrected chi connectivity index (χ0v) is 11.9. The highest BCUT2D eigenvalue weighted by molar-refractivity contribution is 7.80. The van der Waals surface area contributed by atoms with E-state index in [9.17, 15) is 4.79 Å². The number of benzene rings is 1. The molecule has 1 aromatic carbocycles. The number of hydrogen-bond acceptors (Lipinski definition) is 3. The van der Waals surface area contributed by atoms with Crippen LogP contribution in [0.5, 0.6) is 0 Å². The zero-order valence-electron chi connectivity index (χ0n) is 10.3. The second-order valence-corrected chi connectivity index (χ2v) is 4.63. The van der Waals surface area contributed by atoms with Crippen LogP contribution in [0.25, 0.3) is 0 Å². The van der Waals surface area contributed by atoms with Crippen LogP contribution >= 0.6 is 23.8 Å². The molecule has 4 nitrogen and oxygen atoms in total. The highest BCUT2D eigenvalue weighted by Crippen LogP contribution is 2.24. The lowest BCUT2D eigenvalue weighted by molar-refractivity contribution is -0.121. The minimum atomic E-state index is -0.392. The first-order valence-electron chi connectivity index (χ1n) is 5.60. The number of amides is 1. The van der Waals surface area contributed by atoms with Crippen LogP contribution in [0.4, 0.5) is 5.69 Å². The van der Waals surface area contributed by atoms with Crippen molar-refractivity contribution in [2.75, 3.05) is 11.9 Å². The Morgan fingerprint density at radius 3 is 2.78 bits per heavy atom. The Morgan fingerprint density at radius 1 is 1.56 bits per heavy atom. The number of carbonyl (C=O) groups excluding carboxylic acids is 1. The smallest absolute Gasteiger partial charge is 0.242 e. The topological polar surface area (TPSA) is 67.2 Å². The summed E-state index contributed by atoms with van der Waals surface area (Å²) in [5, 5.41) is 6.25. The maximum Gasteiger partial charge on any atom is 0.242 e. The molecule has 1 rings (SSSR count). The SMILES string of the molecule is CCNC(=O)C(C)Nc1cccc(Cl)c1C(N)=S. The molecule has 0 spiro atoms. The molecule has 0 radical (unpaired) electrons. The summed E-state index contributed by atoms with van der Waals surface area (Å²) in [6.07, 6.45) is 0. The lowest BCUT2D eigenvalue weighted by atomic mass is 10.1. The van der Waals surface area contributed by atoms with E-state index in [-0.39, 0.29) is 10.9 Å². The summed E-state index contributed by atoms with van der Waals surface area (Å²) in [4.78, 5) is 11.8. The fourth-order valence-electron chi connectivity index (χ4n) is 1.52. The van der Waals surface area contributed by atoms with Crippen molar-refractivity contribution in [3.05, 3.63) is 28.8 Å². The first-order chi connectivity index (χ1) is 8.47. The van der Waals surface area contributed by atoms with Gasteiger partial charge in [0.15, 0.2) is 0 Å². The first kappa shape index (κ1) is 14.7. The van der Waals surface area contributed by atoms with Gasteiger partial charge in [-0.2, -0.15) is 0 Å². The van der Waals surface area contributed by atoms with Crippen molar-refractivity contribution in [2.45, 2.75) is 19.9 Å². The molecule has 1 amide bonds. The van der Waals surface area contributed by atoms with E-state index in [1.807, 2.05) is 6.92 Å². The van der Waals surface area contributed by atoms with E-state index in [1.165, 1.54) is 0 Å². The third-order valence-electron chi connectivity index (χ3n) is 2.38. The Labute approximate surface area is 117 Å². The maximum absolute atomic E-state index is 11.6. The van der Waals surface area contributed by atoms with E-state index in [0.29, 0.717) is 22.8 Å². The van der Waals surface area contributed by atoms with Crippen LogP contribution in [-0.2, 0) is 4.79 Å². The number of nitrogens with two attached hydrogens (primary N) is 1. The van der Waals surface area contributed by atoms with Gasteiger partial charge in [-0.25, -0.2) is 0 Å². The monoisotopic (exact) mass is 285 g/mol. The van der Waals surface area contributed by atoms with Gasteiger partial charge < -0.3 is 16.4 Å². The number of rotatable bonds is 5. The number of halogens is 1.